The van der Waals surface area contributed by atoms with E-state index in [1.54, 1.807) is 0 Å². The van der Waals surface area contributed by atoms with E-state index in [9.17, 15) is 4.79 Å². The smallest absolute Gasteiger partial charge is 0.248 e. The van der Waals surface area contributed by atoms with Crippen molar-refractivity contribution in [2.45, 2.75) is 19.4 Å². The molecule has 1 amide bonds. The van der Waals surface area contributed by atoms with Gasteiger partial charge >= 0.3 is 0 Å². The number of hydrogen-bond acceptors (Lipinski definition) is 2. The molecule has 0 N–H and O–H groups in total. The minimum absolute atomic E-state index is 0.160. The summed E-state index contributed by atoms with van der Waals surface area (Å²) in [6.07, 6.45) is 3.96. The number of morpholine rings is 1. The number of nitrogens with zero attached hydrogens (tertiary/aromatic N) is 2. The van der Waals surface area contributed by atoms with Crippen molar-refractivity contribution in [2.24, 2.45) is 0 Å². The van der Waals surface area contributed by atoms with Crippen LogP contribution in [0.2, 0.25) is 0 Å². The fourth-order valence-electron chi connectivity index (χ4n) is 1.98. The molecule has 5 heteroatoms. The summed E-state index contributed by atoms with van der Waals surface area (Å²) in [4.78, 5) is 14.4. The third-order valence-corrected chi connectivity index (χ3v) is 3.76. The SMILES string of the molecule is CC(C)(C(=O)N1CCOCC1)n1ccc(I)c1. The summed E-state index contributed by atoms with van der Waals surface area (Å²) in [5, 5.41) is 0. The summed E-state index contributed by atoms with van der Waals surface area (Å²) < 4.78 is 8.39. The van der Waals surface area contributed by atoms with Gasteiger partial charge in [0.25, 0.3) is 0 Å². The van der Waals surface area contributed by atoms with Crippen molar-refractivity contribution < 1.29 is 9.53 Å². The molecule has 1 saturated heterocycles. The maximum absolute atomic E-state index is 12.5. The van der Waals surface area contributed by atoms with E-state index < -0.39 is 5.54 Å². The lowest BCUT2D eigenvalue weighted by molar-refractivity contribution is -0.143. The number of rotatable bonds is 2. The molecule has 1 aromatic rings. The summed E-state index contributed by atoms with van der Waals surface area (Å²) in [5.74, 6) is 0.160. The zero-order valence-corrected chi connectivity index (χ0v) is 12.3. The third kappa shape index (κ3) is 2.65. The van der Waals surface area contributed by atoms with Crippen molar-refractivity contribution in [3.8, 4) is 0 Å². The zero-order valence-electron chi connectivity index (χ0n) is 10.1. The first-order valence-electron chi connectivity index (χ1n) is 5.73. The molecular formula is C12H17IN2O2. The Balaban J connectivity index is 2.16. The Morgan fingerprint density at radius 3 is 2.59 bits per heavy atom. The van der Waals surface area contributed by atoms with Crippen LogP contribution in [0.5, 0.6) is 0 Å². The molecule has 1 aromatic heterocycles. The molecule has 2 rings (SSSR count). The molecule has 0 aliphatic carbocycles. The maximum atomic E-state index is 12.5. The highest BCUT2D eigenvalue weighted by Crippen LogP contribution is 2.21. The Kier molecular flexibility index (Phi) is 3.77. The number of carbonyl (C=O) groups excluding carboxylic acids is 1. The molecule has 94 valence electrons. The normalized spacial score (nSPS) is 17.2. The molecule has 0 radical (unpaired) electrons. The average molecular weight is 348 g/mol. The van der Waals surface area contributed by atoms with Gasteiger partial charge in [-0.2, -0.15) is 0 Å². The second-order valence-corrected chi connectivity index (χ2v) is 5.95. The summed E-state index contributed by atoms with van der Waals surface area (Å²) in [5.41, 5.74) is -0.527. The highest BCUT2D eigenvalue weighted by atomic mass is 127. The highest BCUT2D eigenvalue weighted by molar-refractivity contribution is 14.1. The van der Waals surface area contributed by atoms with Crippen LogP contribution in [0.25, 0.3) is 0 Å². The summed E-state index contributed by atoms with van der Waals surface area (Å²) in [6.45, 7) is 6.60. The highest BCUT2D eigenvalue weighted by Gasteiger charge is 2.34. The van der Waals surface area contributed by atoms with Crippen molar-refractivity contribution in [1.82, 2.24) is 9.47 Å². The number of ether oxygens (including phenoxy) is 1. The Hall–Kier alpha value is -0.560. The van der Waals surface area contributed by atoms with Crippen LogP contribution >= 0.6 is 22.6 Å². The Morgan fingerprint density at radius 2 is 2.06 bits per heavy atom. The molecule has 0 unspecified atom stereocenters. The van der Waals surface area contributed by atoms with Gasteiger partial charge in [-0.15, -0.1) is 0 Å². The molecule has 1 fully saturated rings. The number of halogens is 1. The topological polar surface area (TPSA) is 34.5 Å². The number of carbonyl (C=O) groups is 1. The monoisotopic (exact) mass is 348 g/mol. The van der Waals surface area contributed by atoms with E-state index in [1.807, 2.05) is 41.8 Å². The molecule has 4 nitrogen and oxygen atoms in total. The van der Waals surface area contributed by atoms with Gasteiger partial charge in [-0.25, -0.2) is 0 Å². The maximum Gasteiger partial charge on any atom is 0.248 e. The summed E-state index contributed by atoms with van der Waals surface area (Å²) >= 11 is 2.25. The molecule has 2 heterocycles. The van der Waals surface area contributed by atoms with E-state index in [2.05, 4.69) is 22.6 Å². The van der Waals surface area contributed by atoms with Gasteiger partial charge in [0, 0.05) is 29.1 Å². The molecular weight excluding hydrogens is 331 g/mol. The van der Waals surface area contributed by atoms with Crippen LogP contribution in [-0.4, -0.2) is 41.7 Å². The molecule has 0 bridgehead atoms. The average Bonchev–Trinajstić information content (AvgIpc) is 2.77. The Morgan fingerprint density at radius 1 is 1.41 bits per heavy atom. The van der Waals surface area contributed by atoms with Crippen LogP contribution in [-0.2, 0) is 15.1 Å². The molecule has 0 spiro atoms. The first-order valence-corrected chi connectivity index (χ1v) is 6.81. The van der Waals surface area contributed by atoms with Gasteiger partial charge in [0.05, 0.1) is 13.2 Å². The van der Waals surface area contributed by atoms with Gasteiger partial charge in [-0.3, -0.25) is 4.79 Å². The first kappa shape index (κ1) is 12.9. The van der Waals surface area contributed by atoms with Crippen LogP contribution < -0.4 is 0 Å². The molecule has 0 atom stereocenters. The van der Waals surface area contributed by atoms with Crippen LogP contribution in [0.4, 0.5) is 0 Å². The van der Waals surface area contributed by atoms with Crippen LogP contribution in [0, 0.1) is 3.57 Å². The van der Waals surface area contributed by atoms with Gasteiger partial charge in [-0.05, 0) is 42.5 Å². The summed E-state index contributed by atoms with van der Waals surface area (Å²) in [7, 11) is 0. The zero-order chi connectivity index (χ0) is 12.5. The van der Waals surface area contributed by atoms with E-state index in [1.165, 1.54) is 0 Å². The van der Waals surface area contributed by atoms with Gasteiger partial charge in [0.2, 0.25) is 5.91 Å². The van der Waals surface area contributed by atoms with E-state index in [0.29, 0.717) is 26.3 Å². The quantitative estimate of drug-likeness (QED) is 0.763. The van der Waals surface area contributed by atoms with Crippen LogP contribution in [0.1, 0.15) is 13.8 Å². The van der Waals surface area contributed by atoms with Gasteiger partial charge < -0.3 is 14.2 Å². The number of aromatic nitrogens is 1. The number of amides is 1. The fraction of sp³-hybridized carbons (Fsp3) is 0.583. The minimum atomic E-state index is -0.527. The van der Waals surface area contributed by atoms with Gasteiger partial charge in [0.1, 0.15) is 5.54 Å². The standard InChI is InChI=1S/C12H17IN2O2/c1-12(2,15-4-3-10(13)9-15)11(16)14-5-7-17-8-6-14/h3-4,9H,5-8H2,1-2H3. The minimum Gasteiger partial charge on any atom is -0.378 e. The Labute approximate surface area is 115 Å². The van der Waals surface area contributed by atoms with Crippen molar-refractivity contribution in [1.29, 1.82) is 0 Å². The van der Waals surface area contributed by atoms with Gasteiger partial charge in [0.15, 0.2) is 0 Å². The van der Waals surface area contributed by atoms with Crippen molar-refractivity contribution in [2.75, 3.05) is 26.3 Å². The first-order chi connectivity index (χ1) is 8.01. The van der Waals surface area contributed by atoms with E-state index >= 15 is 0 Å². The fourth-order valence-corrected chi connectivity index (χ4v) is 2.44. The lowest BCUT2D eigenvalue weighted by atomic mass is 10.0. The predicted octanol–water partition coefficient (Wildman–Crippen LogP) is 1.69. The molecule has 1 aliphatic heterocycles. The lowest BCUT2D eigenvalue weighted by Crippen LogP contribution is -2.50. The summed E-state index contributed by atoms with van der Waals surface area (Å²) in [6, 6.07) is 2.01. The van der Waals surface area contributed by atoms with E-state index in [4.69, 9.17) is 4.74 Å². The second kappa shape index (κ2) is 4.97. The lowest BCUT2D eigenvalue weighted by Gasteiger charge is -2.35. The largest absolute Gasteiger partial charge is 0.378 e. The molecule has 1 aliphatic rings. The molecule has 0 aromatic carbocycles. The van der Waals surface area contributed by atoms with Crippen molar-refractivity contribution in [3.05, 3.63) is 22.0 Å². The van der Waals surface area contributed by atoms with Gasteiger partial charge in [-0.1, -0.05) is 0 Å². The molecule has 0 saturated carbocycles. The van der Waals surface area contributed by atoms with Crippen molar-refractivity contribution >= 4 is 28.5 Å². The third-order valence-electron chi connectivity index (χ3n) is 3.12. The number of hydrogen-bond donors (Lipinski definition) is 0. The van der Waals surface area contributed by atoms with Crippen LogP contribution in [0.15, 0.2) is 18.5 Å². The van der Waals surface area contributed by atoms with Crippen LogP contribution in [0.3, 0.4) is 0 Å². The Bertz CT molecular complexity index is 408. The predicted molar refractivity (Wildman–Crippen MR) is 73.9 cm³/mol. The van der Waals surface area contributed by atoms with E-state index in [-0.39, 0.29) is 5.91 Å². The second-order valence-electron chi connectivity index (χ2n) is 4.70. The van der Waals surface area contributed by atoms with E-state index in [0.717, 1.165) is 3.57 Å². The van der Waals surface area contributed by atoms with Crippen molar-refractivity contribution in [3.63, 3.8) is 0 Å². The molecule has 17 heavy (non-hydrogen) atoms.